The van der Waals surface area contributed by atoms with Crippen LogP contribution in [0.1, 0.15) is 42.6 Å². The van der Waals surface area contributed by atoms with E-state index in [-0.39, 0.29) is 11.1 Å². The van der Waals surface area contributed by atoms with Crippen LogP contribution < -0.4 is 10.6 Å². The van der Waals surface area contributed by atoms with Crippen molar-refractivity contribution in [3.05, 3.63) is 59.7 Å². The van der Waals surface area contributed by atoms with E-state index in [9.17, 15) is 4.79 Å². The second-order valence-electron chi connectivity index (χ2n) is 7.02. The van der Waals surface area contributed by atoms with Crippen molar-refractivity contribution in [3.8, 4) is 0 Å². The van der Waals surface area contributed by atoms with Crippen molar-refractivity contribution in [1.82, 2.24) is 15.1 Å². The molecule has 1 amide bonds. The van der Waals surface area contributed by atoms with Gasteiger partial charge in [-0.05, 0) is 30.0 Å². The molecule has 0 saturated heterocycles. The number of hydrogen-bond donors (Lipinski definition) is 2. The predicted octanol–water partition coefficient (Wildman–Crippen LogP) is 4.07. The van der Waals surface area contributed by atoms with Crippen LogP contribution in [0.25, 0.3) is 0 Å². The van der Waals surface area contributed by atoms with Gasteiger partial charge < -0.3 is 15.2 Å². The second kappa shape index (κ2) is 6.95. The van der Waals surface area contributed by atoms with E-state index in [4.69, 9.17) is 4.52 Å². The molecular formula is C19H21N5O2. The Kier molecular flexibility index (Phi) is 4.71. The number of nitrogens with zero attached hydrogens (tertiary/aromatic N) is 3. The van der Waals surface area contributed by atoms with Gasteiger partial charge in [0.1, 0.15) is 17.3 Å². The molecule has 134 valence electrons. The molecule has 0 aliphatic heterocycles. The number of aromatic nitrogens is 3. The number of carbonyl (C=O) groups is 1. The lowest BCUT2D eigenvalue weighted by atomic mass is 9.87. The molecule has 1 aromatic carbocycles. The molecule has 2 N–H and O–H groups in total. The highest BCUT2D eigenvalue weighted by Gasteiger charge is 2.13. The first-order valence-corrected chi connectivity index (χ1v) is 8.25. The number of carbonyl (C=O) groups excluding carboxylic acids is 1. The summed E-state index contributed by atoms with van der Waals surface area (Å²) in [6, 6.07) is 9.78. The normalized spacial score (nSPS) is 11.2. The van der Waals surface area contributed by atoms with Gasteiger partial charge in [0.15, 0.2) is 5.82 Å². The van der Waals surface area contributed by atoms with Crippen molar-refractivity contribution in [3.63, 3.8) is 0 Å². The summed E-state index contributed by atoms with van der Waals surface area (Å²) >= 11 is 0. The van der Waals surface area contributed by atoms with Gasteiger partial charge >= 0.3 is 0 Å². The van der Waals surface area contributed by atoms with Gasteiger partial charge in [0.2, 0.25) is 0 Å². The molecule has 3 aromatic rings. The van der Waals surface area contributed by atoms with E-state index in [1.54, 1.807) is 13.0 Å². The highest BCUT2D eigenvalue weighted by molar-refractivity contribution is 6.02. The molecule has 0 spiro atoms. The number of benzene rings is 1. The standard InChI is InChI=1S/C19H21N5O2/c1-12-9-16(24-26-12)23-18(25)15-10-21-17(11-20-15)22-14-7-5-13(6-8-14)19(2,3)4/h5-11H,1-4H3,(H,21,22)(H,23,24,25). The van der Waals surface area contributed by atoms with Crippen LogP contribution in [0, 0.1) is 6.92 Å². The van der Waals surface area contributed by atoms with Gasteiger partial charge in [-0.3, -0.25) is 4.79 Å². The van der Waals surface area contributed by atoms with Gasteiger partial charge in [0.05, 0.1) is 12.4 Å². The first-order valence-electron chi connectivity index (χ1n) is 8.25. The number of rotatable bonds is 4. The summed E-state index contributed by atoms with van der Waals surface area (Å²) in [4.78, 5) is 20.5. The summed E-state index contributed by atoms with van der Waals surface area (Å²) in [6.07, 6.45) is 2.93. The van der Waals surface area contributed by atoms with E-state index in [1.807, 2.05) is 12.1 Å². The summed E-state index contributed by atoms with van der Waals surface area (Å²) in [6.45, 7) is 8.26. The van der Waals surface area contributed by atoms with E-state index >= 15 is 0 Å². The van der Waals surface area contributed by atoms with Crippen LogP contribution in [0.2, 0.25) is 0 Å². The van der Waals surface area contributed by atoms with E-state index in [1.165, 1.54) is 18.0 Å². The third kappa shape index (κ3) is 4.24. The Bertz CT molecular complexity index is 893. The number of amides is 1. The maximum absolute atomic E-state index is 12.1. The van der Waals surface area contributed by atoms with E-state index in [0.717, 1.165) is 5.69 Å². The molecule has 3 rings (SSSR count). The predicted molar refractivity (Wildman–Crippen MR) is 99.6 cm³/mol. The fourth-order valence-electron chi connectivity index (χ4n) is 2.32. The summed E-state index contributed by atoms with van der Waals surface area (Å²) < 4.78 is 4.91. The largest absolute Gasteiger partial charge is 0.360 e. The van der Waals surface area contributed by atoms with E-state index in [0.29, 0.717) is 17.4 Å². The number of nitrogens with one attached hydrogen (secondary N) is 2. The lowest BCUT2D eigenvalue weighted by Crippen LogP contribution is -2.14. The maximum atomic E-state index is 12.1. The van der Waals surface area contributed by atoms with Crippen molar-refractivity contribution < 1.29 is 9.32 Å². The average molecular weight is 351 g/mol. The Labute approximate surface area is 151 Å². The van der Waals surface area contributed by atoms with Gasteiger partial charge in [0.25, 0.3) is 5.91 Å². The monoisotopic (exact) mass is 351 g/mol. The molecule has 7 nitrogen and oxygen atoms in total. The Morgan fingerprint density at radius 3 is 2.31 bits per heavy atom. The molecule has 0 radical (unpaired) electrons. The molecule has 26 heavy (non-hydrogen) atoms. The number of anilines is 3. The van der Waals surface area contributed by atoms with E-state index in [2.05, 4.69) is 58.7 Å². The third-order valence-corrected chi connectivity index (χ3v) is 3.78. The zero-order valence-electron chi connectivity index (χ0n) is 15.2. The molecule has 0 saturated carbocycles. The minimum Gasteiger partial charge on any atom is -0.360 e. The average Bonchev–Trinajstić information content (AvgIpc) is 3.00. The quantitative estimate of drug-likeness (QED) is 0.736. The second-order valence-corrected chi connectivity index (χ2v) is 7.02. The summed E-state index contributed by atoms with van der Waals surface area (Å²) in [5, 5.41) is 9.48. The summed E-state index contributed by atoms with van der Waals surface area (Å²) in [7, 11) is 0. The lowest BCUT2D eigenvalue weighted by Gasteiger charge is -2.19. The van der Waals surface area contributed by atoms with Gasteiger partial charge in [-0.2, -0.15) is 0 Å². The summed E-state index contributed by atoms with van der Waals surface area (Å²) in [5.41, 5.74) is 2.46. The molecule has 0 unspecified atom stereocenters. The number of hydrogen-bond acceptors (Lipinski definition) is 6. The fourth-order valence-corrected chi connectivity index (χ4v) is 2.32. The fraction of sp³-hybridized carbons (Fsp3) is 0.263. The van der Waals surface area contributed by atoms with Crippen LogP contribution >= 0.6 is 0 Å². The smallest absolute Gasteiger partial charge is 0.277 e. The van der Waals surface area contributed by atoms with Gasteiger partial charge in [0, 0.05) is 11.8 Å². The Hall–Kier alpha value is -3.22. The maximum Gasteiger partial charge on any atom is 0.277 e. The molecule has 0 fully saturated rings. The summed E-state index contributed by atoms with van der Waals surface area (Å²) in [5.74, 6) is 1.12. The molecular weight excluding hydrogens is 330 g/mol. The van der Waals surface area contributed by atoms with Crippen molar-refractivity contribution in [2.45, 2.75) is 33.1 Å². The lowest BCUT2D eigenvalue weighted by molar-refractivity contribution is 0.102. The molecule has 7 heteroatoms. The van der Waals surface area contributed by atoms with Crippen molar-refractivity contribution in [2.75, 3.05) is 10.6 Å². The first kappa shape index (κ1) is 17.6. The molecule has 2 heterocycles. The van der Waals surface area contributed by atoms with Crippen LogP contribution in [0.3, 0.4) is 0 Å². The highest BCUT2D eigenvalue weighted by Crippen LogP contribution is 2.24. The molecule has 0 atom stereocenters. The third-order valence-electron chi connectivity index (χ3n) is 3.78. The molecule has 0 bridgehead atoms. The molecule has 2 aromatic heterocycles. The van der Waals surface area contributed by atoms with Gasteiger partial charge in [-0.25, -0.2) is 9.97 Å². The number of aryl methyl sites for hydroxylation is 1. The Balaban J connectivity index is 1.65. The zero-order chi connectivity index (χ0) is 18.7. The van der Waals surface area contributed by atoms with Gasteiger partial charge in [-0.15, -0.1) is 0 Å². The van der Waals surface area contributed by atoms with Crippen molar-refractivity contribution in [2.24, 2.45) is 0 Å². The van der Waals surface area contributed by atoms with Crippen LogP contribution in [0.15, 0.2) is 47.2 Å². The zero-order valence-corrected chi connectivity index (χ0v) is 15.2. The topological polar surface area (TPSA) is 92.9 Å². The molecule has 0 aliphatic carbocycles. The first-order chi connectivity index (χ1) is 12.3. The van der Waals surface area contributed by atoms with Crippen LogP contribution in [0.4, 0.5) is 17.3 Å². The van der Waals surface area contributed by atoms with Crippen molar-refractivity contribution in [1.29, 1.82) is 0 Å². The Morgan fingerprint density at radius 1 is 1.04 bits per heavy atom. The minimum atomic E-state index is -0.396. The van der Waals surface area contributed by atoms with Crippen LogP contribution in [0.5, 0.6) is 0 Å². The van der Waals surface area contributed by atoms with Crippen LogP contribution in [-0.4, -0.2) is 21.0 Å². The van der Waals surface area contributed by atoms with Gasteiger partial charge in [-0.1, -0.05) is 38.1 Å². The highest BCUT2D eigenvalue weighted by atomic mass is 16.5. The Morgan fingerprint density at radius 2 is 1.77 bits per heavy atom. The van der Waals surface area contributed by atoms with Crippen molar-refractivity contribution >= 4 is 23.2 Å². The minimum absolute atomic E-state index is 0.107. The molecule has 0 aliphatic rings. The van der Waals surface area contributed by atoms with Crippen LogP contribution in [-0.2, 0) is 5.41 Å². The SMILES string of the molecule is Cc1cc(NC(=O)c2cnc(Nc3ccc(C(C)(C)C)cc3)cn2)no1. The van der Waals surface area contributed by atoms with E-state index < -0.39 is 5.91 Å².